The number of nitrogen functional groups attached to an aromatic ring is 1. The fourth-order valence-corrected chi connectivity index (χ4v) is 0.645. The SMILES string of the molecule is CC(C)(C)[n+]1cc(N)n[nH]1. The number of H-pyrrole nitrogens is 1. The summed E-state index contributed by atoms with van der Waals surface area (Å²) in [5.74, 6) is 0.523. The molecule has 0 aliphatic rings. The topological polar surface area (TPSA) is 58.6 Å². The van der Waals surface area contributed by atoms with Gasteiger partial charge in [0.05, 0.1) is 5.10 Å². The van der Waals surface area contributed by atoms with Crippen molar-refractivity contribution in [3.63, 3.8) is 0 Å². The molecular formula is C6H13N4+. The van der Waals surface area contributed by atoms with E-state index in [9.17, 15) is 0 Å². The van der Waals surface area contributed by atoms with Crippen molar-refractivity contribution in [2.24, 2.45) is 0 Å². The first kappa shape index (κ1) is 7.05. The first-order valence-electron chi connectivity index (χ1n) is 3.23. The number of aromatic amines is 1. The highest BCUT2D eigenvalue weighted by Crippen LogP contribution is 2.01. The maximum absolute atomic E-state index is 5.41. The van der Waals surface area contributed by atoms with Crippen molar-refractivity contribution in [1.82, 2.24) is 10.3 Å². The van der Waals surface area contributed by atoms with E-state index in [4.69, 9.17) is 5.73 Å². The quantitative estimate of drug-likeness (QED) is 0.501. The summed E-state index contributed by atoms with van der Waals surface area (Å²) in [5, 5.41) is 6.59. The van der Waals surface area contributed by atoms with E-state index in [-0.39, 0.29) is 5.54 Å². The fourth-order valence-electron chi connectivity index (χ4n) is 0.645. The van der Waals surface area contributed by atoms with Gasteiger partial charge in [0.1, 0.15) is 5.54 Å². The van der Waals surface area contributed by atoms with Gasteiger partial charge in [-0.15, -0.1) is 0 Å². The highest BCUT2D eigenvalue weighted by molar-refractivity contribution is 5.16. The van der Waals surface area contributed by atoms with Gasteiger partial charge in [-0.1, -0.05) is 5.21 Å². The lowest BCUT2D eigenvalue weighted by atomic mass is 10.1. The highest BCUT2D eigenvalue weighted by Gasteiger charge is 2.20. The first-order chi connectivity index (χ1) is 4.50. The van der Waals surface area contributed by atoms with E-state index < -0.39 is 0 Å². The number of rotatable bonds is 0. The summed E-state index contributed by atoms with van der Waals surface area (Å²) in [7, 11) is 0. The van der Waals surface area contributed by atoms with Crippen molar-refractivity contribution in [1.29, 1.82) is 0 Å². The van der Waals surface area contributed by atoms with E-state index in [1.807, 2.05) is 4.68 Å². The van der Waals surface area contributed by atoms with E-state index in [0.29, 0.717) is 5.82 Å². The molecule has 3 N–H and O–H groups in total. The Morgan fingerprint density at radius 1 is 1.60 bits per heavy atom. The normalized spacial score (nSPS) is 11.9. The summed E-state index contributed by atoms with van der Waals surface area (Å²) >= 11 is 0. The number of anilines is 1. The van der Waals surface area contributed by atoms with Crippen LogP contribution < -0.4 is 10.4 Å². The Kier molecular flexibility index (Phi) is 1.39. The lowest BCUT2D eigenvalue weighted by Gasteiger charge is -2.11. The molecule has 0 amide bonds. The minimum Gasteiger partial charge on any atom is -0.358 e. The Morgan fingerprint density at radius 2 is 2.20 bits per heavy atom. The first-order valence-corrected chi connectivity index (χ1v) is 3.23. The molecule has 0 saturated carbocycles. The molecule has 0 fully saturated rings. The molecule has 1 rings (SSSR count). The average Bonchev–Trinajstić information content (AvgIpc) is 2.11. The van der Waals surface area contributed by atoms with Crippen LogP contribution in [0.25, 0.3) is 0 Å². The monoisotopic (exact) mass is 141 g/mol. The Labute approximate surface area is 60.0 Å². The molecule has 0 radical (unpaired) electrons. The number of nitrogens with zero attached hydrogens (tertiary/aromatic N) is 2. The number of hydrogen-bond donors (Lipinski definition) is 2. The maximum atomic E-state index is 5.41. The number of nitrogens with two attached hydrogens (primary N) is 1. The molecule has 0 aromatic carbocycles. The van der Waals surface area contributed by atoms with Crippen LogP contribution in [-0.2, 0) is 5.54 Å². The molecule has 10 heavy (non-hydrogen) atoms. The van der Waals surface area contributed by atoms with Gasteiger partial charge in [-0.2, -0.15) is 4.68 Å². The molecule has 0 atom stereocenters. The van der Waals surface area contributed by atoms with Crippen molar-refractivity contribution in [3.8, 4) is 0 Å². The average molecular weight is 141 g/mol. The molecule has 0 unspecified atom stereocenters. The Hall–Kier alpha value is -1.06. The number of nitrogens with one attached hydrogen (secondary N) is 1. The van der Waals surface area contributed by atoms with Gasteiger partial charge >= 0.3 is 5.82 Å². The molecule has 0 bridgehead atoms. The van der Waals surface area contributed by atoms with Crippen molar-refractivity contribution in [3.05, 3.63) is 6.20 Å². The summed E-state index contributed by atoms with van der Waals surface area (Å²) in [4.78, 5) is 0. The summed E-state index contributed by atoms with van der Waals surface area (Å²) in [6.45, 7) is 6.22. The van der Waals surface area contributed by atoms with Crippen molar-refractivity contribution in [2.75, 3.05) is 5.73 Å². The van der Waals surface area contributed by atoms with Crippen LogP contribution >= 0.6 is 0 Å². The van der Waals surface area contributed by atoms with E-state index in [0.717, 1.165) is 0 Å². The van der Waals surface area contributed by atoms with Gasteiger partial charge < -0.3 is 5.73 Å². The van der Waals surface area contributed by atoms with Gasteiger partial charge in [-0.3, -0.25) is 0 Å². The smallest absolute Gasteiger partial charge is 0.305 e. The minimum absolute atomic E-state index is 0.0324. The third kappa shape index (κ3) is 1.26. The van der Waals surface area contributed by atoms with Gasteiger partial charge in [0.25, 0.3) is 0 Å². The summed E-state index contributed by atoms with van der Waals surface area (Å²) in [5.41, 5.74) is 5.44. The molecule has 0 spiro atoms. The lowest BCUT2D eigenvalue weighted by Crippen LogP contribution is -2.51. The van der Waals surface area contributed by atoms with Crippen LogP contribution in [0.2, 0.25) is 0 Å². The van der Waals surface area contributed by atoms with Crippen LogP contribution in [0, 0.1) is 0 Å². The highest BCUT2D eigenvalue weighted by atomic mass is 15.5. The molecule has 1 aromatic heterocycles. The van der Waals surface area contributed by atoms with Crippen molar-refractivity contribution in [2.45, 2.75) is 26.3 Å². The van der Waals surface area contributed by atoms with Gasteiger partial charge in [0.15, 0.2) is 6.20 Å². The van der Waals surface area contributed by atoms with Crippen LogP contribution in [0.5, 0.6) is 0 Å². The molecule has 0 saturated heterocycles. The van der Waals surface area contributed by atoms with Crippen LogP contribution in [0.15, 0.2) is 6.20 Å². The summed E-state index contributed by atoms with van der Waals surface area (Å²) < 4.78 is 1.86. The Balaban J connectivity index is 2.96. The Morgan fingerprint density at radius 3 is 2.40 bits per heavy atom. The summed E-state index contributed by atoms with van der Waals surface area (Å²) in [6.07, 6.45) is 1.78. The second kappa shape index (κ2) is 1.97. The van der Waals surface area contributed by atoms with Gasteiger partial charge in [0.2, 0.25) is 0 Å². The zero-order valence-electron chi connectivity index (χ0n) is 6.55. The second-order valence-corrected chi connectivity index (χ2v) is 3.31. The van der Waals surface area contributed by atoms with Crippen LogP contribution in [0.1, 0.15) is 20.8 Å². The summed E-state index contributed by atoms with van der Waals surface area (Å²) in [6, 6.07) is 0. The third-order valence-corrected chi connectivity index (χ3v) is 1.27. The zero-order valence-corrected chi connectivity index (χ0v) is 6.55. The molecule has 4 nitrogen and oxygen atoms in total. The molecule has 0 aliphatic carbocycles. The standard InChI is InChI=1S/C6H12N4/c1-6(2,3)10-4-5(7)8-9-10/h4H,7H2,1-3H3/p+1. The van der Waals surface area contributed by atoms with Crippen LogP contribution in [0.3, 0.4) is 0 Å². The predicted octanol–water partition coefficient (Wildman–Crippen LogP) is 0.0344. The van der Waals surface area contributed by atoms with E-state index in [2.05, 4.69) is 31.1 Å². The molecule has 0 aliphatic heterocycles. The number of aromatic nitrogens is 3. The fraction of sp³-hybridized carbons (Fsp3) is 0.667. The van der Waals surface area contributed by atoms with E-state index in [1.54, 1.807) is 6.20 Å². The van der Waals surface area contributed by atoms with Gasteiger partial charge in [-0.05, 0) is 20.8 Å². The second-order valence-electron chi connectivity index (χ2n) is 3.31. The zero-order chi connectivity index (χ0) is 7.78. The van der Waals surface area contributed by atoms with Gasteiger partial charge in [0, 0.05) is 0 Å². The number of hydrogen-bond acceptors (Lipinski definition) is 2. The molecule has 1 aromatic rings. The molecule has 1 heterocycles. The van der Waals surface area contributed by atoms with E-state index in [1.165, 1.54) is 0 Å². The third-order valence-electron chi connectivity index (χ3n) is 1.27. The predicted molar refractivity (Wildman–Crippen MR) is 38.2 cm³/mol. The lowest BCUT2D eigenvalue weighted by molar-refractivity contribution is -0.805. The van der Waals surface area contributed by atoms with Crippen molar-refractivity contribution >= 4 is 5.82 Å². The largest absolute Gasteiger partial charge is 0.358 e. The van der Waals surface area contributed by atoms with Crippen LogP contribution in [0.4, 0.5) is 5.82 Å². The maximum Gasteiger partial charge on any atom is 0.305 e. The van der Waals surface area contributed by atoms with Crippen LogP contribution in [-0.4, -0.2) is 10.3 Å². The van der Waals surface area contributed by atoms with Gasteiger partial charge in [-0.25, -0.2) is 0 Å². The molecule has 56 valence electrons. The Bertz CT molecular complexity index is 220. The minimum atomic E-state index is 0.0324. The molecule has 4 heteroatoms. The van der Waals surface area contributed by atoms with E-state index >= 15 is 0 Å². The van der Waals surface area contributed by atoms with Crippen molar-refractivity contribution < 1.29 is 4.68 Å². The molecular weight excluding hydrogens is 128 g/mol.